The van der Waals surface area contributed by atoms with Crippen LogP contribution in [0.25, 0.3) is 32.3 Å². The standard InChI is InChI=1S/C29H24N6OS/c36-27(32-22-10-5-4-9-21(22)28-33-23-11-6-14-30-29(23)37-28)24-16-25(35-17-18-12-13-20(35)15-18)34-26(31-24)19-7-2-1-3-8-19/h1-11,14,16,18,20H,12-13,15,17H2,(H,32,36)/t18-,20+/m0/s1. The van der Waals surface area contributed by atoms with Gasteiger partial charge in [0.15, 0.2) is 5.82 Å². The summed E-state index contributed by atoms with van der Waals surface area (Å²) in [4.78, 5) is 35.6. The number of carbonyl (C=O) groups excluding carboxylic acids is 1. The predicted octanol–water partition coefficient (Wildman–Crippen LogP) is 6.06. The third-order valence-electron chi connectivity index (χ3n) is 7.25. The highest BCUT2D eigenvalue weighted by molar-refractivity contribution is 7.21. The van der Waals surface area contributed by atoms with Crippen molar-refractivity contribution in [1.29, 1.82) is 0 Å². The van der Waals surface area contributed by atoms with Crippen molar-refractivity contribution in [3.05, 3.63) is 84.7 Å². The molecule has 1 saturated carbocycles. The van der Waals surface area contributed by atoms with E-state index in [4.69, 9.17) is 15.0 Å². The van der Waals surface area contributed by atoms with E-state index in [1.54, 1.807) is 6.20 Å². The highest BCUT2D eigenvalue weighted by Gasteiger charge is 2.38. The molecular formula is C29H24N6OS. The maximum Gasteiger partial charge on any atom is 0.274 e. The number of carbonyl (C=O) groups is 1. The van der Waals surface area contributed by atoms with Crippen LogP contribution in [0.4, 0.5) is 11.5 Å². The zero-order valence-electron chi connectivity index (χ0n) is 20.0. The summed E-state index contributed by atoms with van der Waals surface area (Å²) in [7, 11) is 0. The molecule has 2 bridgehead atoms. The van der Waals surface area contributed by atoms with Gasteiger partial charge in [0, 0.05) is 36.0 Å². The zero-order valence-corrected chi connectivity index (χ0v) is 20.9. The van der Waals surface area contributed by atoms with Crippen molar-refractivity contribution in [3.8, 4) is 22.0 Å². The van der Waals surface area contributed by atoms with Crippen molar-refractivity contribution in [2.45, 2.75) is 25.3 Å². The minimum absolute atomic E-state index is 0.267. The first kappa shape index (κ1) is 22.1. The molecule has 2 aromatic carbocycles. The Morgan fingerprint density at radius 1 is 0.946 bits per heavy atom. The molecule has 1 aliphatic carbocycles. The number of amides is 1. The van der Waals surface area contributed by atoms with Crippen molar-refractivity contribution < 1.29 is 4.79 Å². The zero-order chi connectivity index (χ0) is 24.8. The van der Waals surface area contributed by atoms with Crippen molar-refractivity contribution >= 4 is 39.1 Å². The number of benzene rings is 2. The van der Waals surface area contributed by atoms with Gasteiger partial charge in [-0.25, -0.2) is 19.9 Å². The van der Waals surface area contributed by atoms with Gasteiger partial charge in [0.25, 0.3) is 5.91 Å². The van der Waals surface area contributed by atoms with Crippen LogP contribution in [0.3, 0.4) is 0 Å². The lowest BCUT2D eigenvalue weighted by Gasteiger charge is -2.28. The number of anilines is 2. The number of piperidine rings is 1. The van der Waals surface area contributed by atoms with Gasteiger partial charge in [0.05, 0.1) is 5.69 Å². The molecule has 7 rings (SSSR count). The van der Waals surface area contributed by atoms with Gasteiger partial charge in [-0.3, -0.25) is 4.79 Å². The van der Waals surface area contributed by atoms with Gasteiger partial charge in [-0.05, 0) is 49.4 Å². The molecule has 0 unspecified atom stereocenters. The van der Waals surface area contributed by atoms with E-state index >= 15 is 0 Å². The fourth-order valence-electron chi connectivity index (χ4n) is 5.47. The SMILES string of the molecule is O=C(Nc1ccccc1-c1nc2cccnc2s1)c1cc(N2C[C@H]3CC[C@@H]2C3)nc(-c2ccccc2)n1. The highest BCUT2D eigenvalue weighted by atomic mass is 32.1. The number of nitrogens with one attached hydrogen (secondary N) is 1. The summed E-state index contributed by atoms with van der Waals surface area (Å²) in [6.07, 6.45) is 5.43. The molecule has 3 aromatic heterocycles. The van der Waals surface area contributed by atoms with Crippen LogP contribution in [0.1, 0.15) is 29.8 Å². The minimum atomic E-state index is -0.267. The number of aromatic nitrogens is 4. The van der Waals surface area contributed by atoms with Crippen molar-refractivity contribution in [3.63, 3.8) is 0 Å². The molecule has 37 heavy (non-hydrogen) atoms. The Hall–Kier alpha value is -4.17. The van der Waals surface area contributed by atoms with Crippen LogP contribution < -0.4 is 10.2 Å². The summed E-state index contributed by atoms with van der Waals surface area (Å²) in [5, 5.41) is 3.91. The lowest BCUT2D eigenvalue weighted by molar-refractivity contribution is 0.102. The van der Waals surface area contributed by atoms with E-state index < -0.39 is 0 Å². The first-order chi connectivity index (χ1) is 18.2. The number of nitrogens with zero attached hydrogens (tertiary/aromatic N) is 5. The molecular weight excluding hydrogens is 480 g/mol. The molecule has 1 aliphatic heterocycles. The number of fused-ring (bicyclic) bond motifs is 3. The average Bonchev–Trinajstić information content (AvgIpc) is 3.70. The molecule has 7 nitrogen and oxygen atoms in total. The molecule has 2 fully saturated rings. The van der Waals surface area contributed by atoms with Crippen molar-refractivity contribution in [2.24, 2.45) is 5.92 Å². The van der Waals surface area contributed by atoms with E-state index in [2.05, 4.69) is 15.2 Å². The molecule has 2 atom stereocenters. The first-order valence-electron chi connectivity index (χ1n) is 12.5. The number of hydrogen-bond donors (Lipinski definition) is 1. The third kappa shape index (κ3) is 4.13. The van der Waals surface area contributed by atoms with Gasteiger partial charge in [-0.2, -0.15) is 0 Å². The Morgan fingerprint density at radius 3 is 2.62 bits per heavy atom. The second kappa shape index (κ2) is 9.05. The topological polar surface area (TPSA) is 83.9 Å². The summed E-state index contributed by atoms with van der Waals surface area (Å²) < 4.78 is 0. The predicted molar refractivity (Wildman–Crippen MR) is 147 cm³/mol. The van der Waals surface area contributed by atoms with Gasteiger partial charge >= 0.3 is 0 Å². The lowest BCUT2D eigenvalue weighted by Crippen LogP contribution is -2.33. The molecule has 1 amide bonds. The van der Waals surface area contributed by atoms with Crippen LogP contribution in [0.5, 0.6) is 0 Å². The quantitative estimate of drug-likeness (QED) is 0.313. The molecule has 2 aliphatic rings. The number of pyridine rings is 1. The second-order valence-electron chi connectivity index (χ2n) is 9.63. The van der Waals surface area contributed by atoms with Crippen LogP contribution in [-0.4, -0.2) is 38.4 Å². The smallest absolute Gasteiger partial charge is 0.274 e. The van der Waals surface area contributed by atoms with Gasteiger partial charge in [-0.15, -0.1) is 0 Å². The van der Waals surface area contributed by atoms with Crippen molar-refractivity contribution in [2.75, 3.05) is 16.8 Å². The van der Waals surface area contributed by atoms with Gasteiger partial charge in [0.2, 0.25) is 0 Å². The van der Waals surface area contributed by atoms with Crippen LogP contribution in [-0.2, 0) is 0 Å². The van der Waals surface area contributed by atoms with Crippen LogP contribution in [0.15, 0.2) is 79.0 Å². The Bertz CT molecular complexity index is 1580. The Kier molecular flexibility index (Phi) is 5.39. The Morgan fingerprint density at radius 2 is 1.81 bits per heavy atom. The minimum Gasteiger partial charge on any atom is -0.353 e. The number of thiazole rings is 1. The highest BCUT2D eigenvalue weighted by Crippen LogP contribution is 2.40. The normalized spacial score (nSPS) is 18.4. The Balaban J connectivity index is 1.25. The summed E-state index contributed by atoms with van der Waals surface area (Å²) in [6.45, 7) is 0.992. The summed E-state index contributed by atoms with van der Waals surface area (Å²) in [6, 6.07) is 23.7. The van der Waals surface area contributed by atoms with E-state index in [9.17, 15) is 4.79 Å². The summed E-state index contributed by atoms with van der Waals surface area (Å²) in [5.41, 5.74) is 3.63. The molecule has 182 valence electrons. The molecule has 0 radical (unpaired) electrons. The Labute approximate surface area is 218 Å². The van der Waals surface area contributed by atoms with E-state index in [1.165, 1.54) is 30.6 Å². The summed E-state index contributed by atoms with van der Waals surface area (Å²) in [5.74, 6) is 1.85. The molecule has 5 aromatic rings. The monoisotopic (exact) mass is 504 g/mol. The first-order valence-corrected chi connectivity index (χ1v) is 13.4. The van der Waals surface area contributed by atoms with E-state index in [0.29, 0.717) is 29.2 Å². The molecule has 8 heteroatoms. The number of para-hydroxylation sites is 1. The van der Waals surface area contributed by atoms with Crippen LogP contribution in [0, 0.1) is 5.92 Å². The van der Waals surface area contributed by atoms with Gasteiger partial charge < -0.3 is 10.2 Å². The van der Waals surface area contributed by atoms with E-state index in [0.717, 1.165) is 38.8 Å². The van der Waals surface area contributed by atoms with Gasteiger partial charge in [0.1, 0.15) is 26.9 Å². The lowest BCUT2D eigenvalue weighted by atomic mass is 10.1. The van der Waals surface area contributed by atoms with E-state index in [1.807, 2.05) is 72.8 Å². The van der Waals surface area contributed by atoms with Crippen LogP contribution in [0.2, 0.25) is 0 Å². The van der Waals surface area contributed by atoms with Crippen molar-refractivity contribution in [1.82, 2.24) is 19.9 Å². The molecule has 0 spiro atoms. The average molecular weight is 505 g/mol. The number of rotatable bonds is 5. The molecule has 4 heterocycles. The second-order valence-corrected chi connectivity index (χ2v) is 10.6. The molecule has 1 saturated heterocycles. The maximum atomic E-state index is 13.6. The number of hydrogen-bond acceptors (Lipinski definition) is 7. The fourth-order valence-corrected chi connectivity index (χ4v) is 6.42. The maximum absolute atomic E-state index is 13.6. The molecule has 1 N–H and O–H groups in total. The van der Waals surface area contributed by atoms with E-state index in [-0.39, 0.29) is 5.91 Å². The summed E-state index contributed by atoms with van der Waals surface area (Å²) >= 11 is 1.51. The van der Waals surface area contributed by atoms with Crippen LogP contribution >= 0.6 is 11.3 Å². The fraction of sp³-hybridized carbons (Fsp3) is 0.207. The largest absolute Gasteiger partial charge is 0.353 e. The third-order valence-corrected chi connectivity index (χ3v) is 8.27. The van der Waals surface area contributed by atoms with Gasteiger partial charge in [-0.1, -0.05) is 53.8 Å².